The van der Waals surface area contributed by atoms with Crippen LogP contribution in [0.5, 0.6) is 0 Å². The van der Waals surface area contributed by atoms with Crippen LogP contribution in [-0.4, -0.2) is 24.0 Å². The number of carbonyl (C=O) groups is 1. The first kappa shape index (κ1) is 18.5. The lowest BCUT2D eigenvalue weighted by Crippen LogP contribution is -2.38. The maximum Gasteiger partial charge on any atom is 0.289 e. The third-order valence-electron chi connectivity index (χ3n) is 3.63. The van der Waals surface area contributed by atoms with Crippen molar-refractivity contribution in [3.63, 3.8) is 0 Å². The number of halogens is 2. The van der Waals surface area contributed by atoms with Gasteiger partial charge in [0.1, 0.15) is 0 Å². The normalized spacial score (nSPS) is 16.0. The fourth-order valence-electron chi connectivity index (χ4n) is 2.57. The average molecular weight is 344 g/mol. The van der Waals surface area contributed by atoms with Gasteiger partial charge in [0.15, 0.2) is 6.39 Å². The molecule has 0 fully saturated rings. The second-order valence-electron chi connectivity index (χ2n) is 4.93. The van der Waals surface area contributed by atoms with E-state index in [-0.39, 0.29) is 42.5 Å². The lowest BCUT2D eigenvalue weighted by atomic mass is 9.94. The summed E-state index contributed by atoms with van der Waals surface area (Å²) in [5, 5.41) is 6.33. The van der Waals surface area contributed by atoms with Gasteiger partial charge in [0.05, 0.1) is 5.69 Å². The molecule has 2 heterocycles. The van der Waals surface area contributed by atoms with Crippen LogP contribution in [0.15, 0.2) is 35.1 Å². The highest BCUT2D eigenvalue weighted by Crippen LogP contribution is 2.21. The van der Waals surface area contributed by atoms with Crippen molar-refractivity contribution in [3.05, 3.63) is 53.2 Å². The van der Waals surface area contributed by atoms with Crippen LogP contribution in [-0.2, 0) is 6.42 Å². The monoisotopic (exact) mass is 343 g/mol. The van der Waals surface area contributed by atoms with Crippen molar-refractivity contribution in [1.82, 2.24) is 15.6 Å². The van der Waals surface area contributed by atoms with Gasteiger partial charge in [-0.2, -0.15) is 0 Å². The molecule has 1 aliphatic rings. The molecule has 1 atom stereocenters. The summed E-state index contributed by atoms with van der Waals surface area (Å²) in [6.45, 7) is 3.22. The van der Waals surface area contributed by atoms with E-state index in [9.17, 15) is 4.79 Å². The second-order valence-corrected chi connectivity index (χ2v) is 4.93. The Morgan fingerprint density at radius 1 is 1.41 bits per heavy atom. The molecule has 3 rings (SSSR count). The summed E-state index contributed by atoms with van der Waals surface area (Å²) in [7, 11) is 0. The van der Waals surface area contributed by atoms with Crippen LogP contribution in [0.25, 0.3) is 0 Å². The molecule has 1 aliphatic heterocycles. The van der Waals surface area contributed by atoms with Gasteiger partial charge >= 0.3 is 0 Å². The zero-order valence-electron chi connectivity index (χ0n) is 12.2. The molecule has 0 radical (unpaired) electrons. The lowest BCUT2D eigenvalue weighted by Gasteiger charge is -2.27. The molecule has 1 amide bonds. The van der Waals surface area contributed by atoms with E-state index < -0.39 is 0 Å². The van der Waals surface area contributed by atoms with Gasteiger partial charge in [-0.1, -0.05) is 24.3 Å². The number of benzene rings is 1. The van der Waals surface area contributed by atoms with E-state index in [2.05, 4.69) is 33.8 Å². The number of nitrogens with zero attached hydrogens (tertiary/aromatic N) is 1. The van der Waals surface area contributed by atoms with Gasteiger partial charge in [-0.05, 0) is 31.0 Å². The Balaban J connectivity index is 0.00000121. The van der Waals surface area contributed by atoms with Crippen molar-refractivity contribution >= 4 is 30.7 Å². The summed E-state index contributed by atoms with van der Waals surface area (Å²) >= 11 is 0. The first-order valence-electron chi connectivity index (χ1n) is 6.75. The number of aryl methyl sites for hydroxylation is 1. The zero-order valence-corrected chi connectivity index (χ0v) is 13.8. The third kappa shape index (κ3) is 3.80. The van der Waals surface area contributed by atoms with Crippen molar-refractivity contribution in [1.29, 1.82) is 0 Å². The van der Waals surface area contributed by atoms with E-state index >= 15 is 0 Å². The molecule has 2 aromatic rings. The molecule has 0 saturated heterocycles. The SMILES string of the molecule is Cc1ncoc1C(=O)NCC1NCCc2ccccc21.Cl.Cl. The highest BCUT2D eigenvalue weighted by Gasteiger charge is 2.21. The number of hydrogen-bond donors (Lipinski definition) is 2. The Morgan fingerprint density at radius 2 is 2.18 bits per heavy atom. The van der Waals surface area contributed by atoms with Crippen molar-refractivity contribution in [2.75, 3.05) is 13.1 Å². The molecule has 7 heteroatoms. The Hall–Kier alpha value is -1.56. The molecule has 1 aromatic carbocycles. The minimum absolute atomic E-state index is 0. The Morgan fingerprint density at radius 3 is 2.91 bits per heavy atom. The molecule has 120 valence electrons. The quantitative estimate of drug-likeness (QED) is 0.898. The predicted molar refractivity (Wildman–Crippen MR) is 89.0 cm³/mol. The third-order valence-corrected chi connectivity index (χ3v) is 3.63. The molecule has 0 aliphatic carbocycles. The topological polar surface area (TPSA) is 67.2 Å². The highest BCUT2D eigenvalue weighted by molar-refractivity contribution is 5.92. The van der Waals surface area contributed by atoms with Gasteiger partial charge in [0.2, 0.25) is 5.76 Å². The van der Waals surface area contributed by atoms with Crippen molar-refractivity contribution < 1.29 is 9.21 Å². The van der Waals surface area contributed by atoms with Crippen LogP contribution in [0.3, 0.4) is 0 Å². The smallest absolute Gasteiger partial charge is 0.289 e. The van der Waals surface area contributed by atoms with E-state index in [4.69, 9.17) is 4.42 Å². The number of oxazole rings is 1. The van der Waals surface area contributed by atoms with Crippen LogP contribution in [0.4, 0.5) is 0 Å². The summed E-state index contributed by atoms with van der Waals surface area (Å²) in [5.41, 5.74) is 3.22. The number of aromatic nitrogens is 1. The Bertz CT molecular complexity index is 631. The van der Waals surface area contributed by atoms with Gasteiger partial charge in [-0.3, -0.25) is 4.79 Å². The lowest BCUT2D eigenvalue weighted by molar-refractivity contribution is 0.0920. The number of hydrogen-bond acceptors (Lipinski definition) is 4. The summed E-state index contributed by atoms with van der Waals surface area (Å²) in [5.74, 6) is 0.0685. The van der Waals surface area contributed by atoms with Gasteiger partial charge < -0.3 is 15.1 Å². The molecule has 0 spiro atoms. The number of amides is 1. The second kappa shape index (κ2) is 8.17. The zero-order chi connectivity index (χ0) is 13.9. The molecule has 1 unspecified atom stereocenters. The van der Waals surface area contributed by atoms with Crippen molar-refractivity contribution in [2.45, 2.75) is 19.4 Å². The van der Waals surface area contributed by atoms with Crippen LogP contribution >= 0.6 is 24.8 Å². The van der Waals surface area contributed by atoms with Gasteiger partial charge in [-0.25, -0.2) is 4.98 Å². The standard InChI is InChI=1S/C15H17N3O2.2ClH/c1-10-14(20-9-18-10)15(19)17-8-13-12-5-3-2-4-11(12)6-7-16-13;;/h2-5,9,13,16H,6-8H2,1H3,(H,17,19);2*1H. The van der Waals surface area contributed by atoms with E-state index in [1.165, 1.54) is 17.5 Å². The number of nitrogens with one attached hydrogen (secondary N) is 2. The van der Waals surface area contributed by atoms with Crippen LogP contribution in [0.1, 0.15) is 33.4 Å². The average Bonchev–Trinajstić information content (AvgIpc) is 2.91. The highest BCUT2D eigenvalue weighted by atomic mass is 35.5. The minimum Gasteiger partial charge on any atom is -0.438 e. The summed E-state index contributed by atoms with van der Waals surface area (Å²) in [6.07, 6.45) is 2.32. The molecule has 2 N–H and O–H groups in total. The van der Waals surface area contributed by atoms with Gasteiger partial charge in [0.25, 0.3) is 5.91 Å². The summed E-state index contributed by atoms with van der Waals surface area (Å²) in [4.78, 5) is 15.9. The first-order chi connectivity index (χ1) is 9.75. The fourth-order valence-corrected chi connectivity index (χ4v) is 2.57. The molecular formula is C15H19Cl2N3O2. The number of fused-ring (bicyclic) bond motifs is 1. The molecule has 1 aromatic heterocycles. The molecular weight excluding hydrogens is 325 g/mol. The molecule has 22 heavy (non-hydrogen) atoms. The number of rotatable bonds is 3. The van der Waals surface area contributed by atoms with E-state index in [0.29, 0.717) is 12.2 Å². The van der Waals surface area contributed by atoms with Crippen molar-refractivity contribution in [2.24, 2.45) is 0 Å². The fraction of sp³-hybridized carbons (Fsp3) is 0.333. The largest absolute Gasteiger partial charge is 0.438 e. The van der Waals surface area contributed by atoms with Crippen molar-refractivity contribution in [3.8, 4) is 0 Å². The number of carbonyl (C=O) groups excluding carboxylic acids is 1. The first-order valence-corrected chi connectivity index (χ1v) is 6.75. The van der Waals surface area contributed by atoms with Gasteiger partial charge in [-0.15, -0.1) is 24.8 Å². The Kier molecular flexibility index (Phi) is 6.87. The predicted octanol–water partition coefficient (Wildman–Crippen LogP) is 2.44. The van der Waals surface area contributed by atoms with E-state index in [1.807, 2.05) is 6.07 Å². The molecule has 5 nitrogen and oxygen atoms in total. The van der Waals surface area contributed by atoms with Crippen LogP contribution in [0.2, 0.25) is 0 Å². The maximum absolute atomic E-state index is 12.0. The Labute approximate surface area is 141 Å². The van der Waals surface area contributed by atoms with E-state index in [0.717, 1.165) is 13.0 Å². The molecule has 0 saturated carbocycles. The summed E-state index contributed by atoms with van der Waals surface area (Å²) < 4.78 is 5.09. The summed E-state index contributed by atoms with van der Waals surface area (Å²) in [6, 6.07) is 8.48. The minimum atomic E-state index is -0.218. The molecule has 0 bridgehead atoms. The van der Waals surface area contributed by atoms with Crippen LogP contribution < -0.4 is 10.6 Å². The van der Waals surface area contributed by atoms with Gasteiger partial charge in [0, 0.05) is 12.6 Å². The van der Waals surface area contributed by atoms with Crippen LogP contribution in [0, 0.1) is 6.92 Å². The maximum atomic E-state index is 12.0. The van der Waals surface area contributed by atoms with E-state index in [1.54, 1.807) is 6.92 Å².